The summed E-state index contributed by atoms with van der Waals surface area (Å²) in [5, 5.41) is 0.275. The highest BCUT2D eigenvalue weighted by molar-refractivity contribution is 6.31. The Morgan fingerprint density at radius 1 is 1.24 bits per heavy atom. The molecule has 3 rings (SSSR count). The van der Waals surface area contributed by atoms with Gasteiger partial charge in [0.05, 0.1) is 16.6 Å². The topological polar surface area (TPSA) is 56.7 Å². The van der Waals surface area contributed by atoms with E-state index in [-0.39, 0.29) is 11.4 Å². The van der Waals surface area contributed by atoms with E-state index in [2.05, 4.69) is 15.0 Å². The van der Waals surface area contributed by atoms with E-state index < -0.39 is 0 Å². The second kappa shape index (κ2) is 5.31. The van der Waals surface area contributed by atoms with Crippen molar-refractivity contribution in [2.24, 2.45) is 0 Å². The molecule has 0 saturated heterocycles. The smallest absolute Gasteiger partial charge is 0.217 e. The van der Waals surface area contributed by atoms with Gasteiger partial charge in [-0.2, -0.15) is 0 Å². The summed E-state index contributed by atoms with van der Waals surface area (Å²) in [6, 6.07) is 1.62. The van der Waals surface area contributed by atoms with E-state index in [1.54, 1.807) is 18.5 Å². The van der Waals surface area contributed by atoms with Crippen molar-refractivity contribution < 1.29 is 4.42 Å². The fourth-order valence-corrected chi connectivity index (χ4v) is 2.62. The van der Waals surface area contributed by atoms with E-state index in [1.165, 1.54) is 0 Å². The largest absolute Gasteiger partial charge is 0.444 e. The fourth-order valence-electron chi connectivity index (χ4n) is 2.31. The molecule has 0 spiro atoms. The van der Waals surface area contributed by atoms with Crippen LogP contribution in [-0.2, 0) is 0 Å². The predicted molar refractivity (Wildman–Crippen MR) is 81.9 cm³/mol. The number of nitrogens with zero attached hydrogens (tertiary/aromatic N) is 4. The van der Waals surface area contributed by atoms with Gasteiger partial charge in [-0.05, 0) is 26.8 Å². The molecule has 2 unspecified atom stereocenters. The molecule has 110 valence electrons. The van der Waals surface area contributed by atoms with Crippen molar-refractivity contribution in [3.8, 4) is 0 Å². The molecular formula is C14H14Cl2N4O. The van der Waals surface area contributed by atoms with Gasteiger partial charge in [-0.25, -0.2) is 15.0 Å². The van der Waals surface area contributed by atoms with E-state index >= 15 is 0 Å². The monoisotopic (exact) mass is 324 g/mol. The van der Waals surface area contributed by atoms with Crippen LogP contribution in [0.3, 0.4) is 0 Å². The van der Waals surface area contributed by atoms with Crippen molar-refractivity contribution >= 4 is 34.4 Å². The zero-order valence-corrected chi connectivity index (χ0v) is 13.4. The predicted octanol–water partition coefficient (Wildman–Crippen LogP) is 4.29. The molecule has 0 N–H and O–H groups in total. The van der Waals surface area contributed by atoms with E-state index in [0.29, 0.717) is 27.9 Å². The van der Waals surface area contributed by atoms with Crippen molar-refractivity contribution in [1.29, 1.82) is 0 Å². The average molecular weight is 325 g/mol. The van der Waals surface area contributed by atoms with Gasteiger partial charge in [0.15, 0.2) is 5.65 Å². The molecule has 5 nitrogen and oxygen atoms in total. The lowest BCUT2D eigenvalue weighted by Crippen LogP contribution is -2.12. The minimum Gasteiger partial charge on any atom is -0.444 e. The highest BCUT2D eigenvalue weighted by Crippen LogP contribution is 2.30. The summed E-state index contributed by atoms with van der Waals surface area (Å²) in [7, 11) is 0. The molecule has 3 aromatic rings. The molecule has 0 aliphatic carbocycles. The summed E-state index contributed by atoms with van der Waals surface area (Å²) < 4.78 is 7.56. The number of hydrogen-bond donors (Lipinski definition) is 0. The first-order valence-electron chi connectivity index (χ1n) is 6.57. The fraction of sp³-hybridized carbons (Fsp3) is 0.357. The molecule has 0 aliphatic heterocycles. The lowest BCUT2D eigenvalue weighted by molar-refractivity contribution is 0.413. The number of fused-ring (bicyclic) bond motifs is 1. The van der Waals surface area contributed by atoms with Crippen LogP contribution < -0.4 is 0 Å². The molecular weight excluding hydrogens is 311 g/mol. The maximum Gasteiger partial charge on any atom is 0.217 e. The number of aryl methyl sites for hydroxylation is 1. The Morgan fingerprint density at radius 2 is 2.00 bits per heavy atom. The Morgan fingerprint density at radius 3 is 2.62 bits per heavy atom. The van der Waals surface area contributed by atoms with E-state index in [1.807, 2.05) is 25.3 Å². The molecule has 0 aliphatic rings. The van der Waals surface area contributed by atoms with Crippen molar-refractivity contribution in [3.63, 3.8) is 0 Å². The van der Waals surface area contributed by atoms with Crippen LogP contribution in [0, 0.1) is 6.92 Å². The van der Waals surface area contributed by atoms with Gasteiger partial charge < -0.3 is 4.42 Å². The zero-order chi connectivity index (χ0) is 15.1. The van der Waals surface area contributed by atoms with Gasteiger partial charge >= 0.3 is 0 Å². The third kappa shape index (κ3) is 2.51. The zero-order valence-electron chi connectivity index (χ0n) is 11.8. The van der Waals surface area contributed by atoms with Gasteiger partial charge in [0.1, 0.15) is 23.1 Å². The number of rotatable bonds is 3. The molecule has 2 atom stereocenters. The van der Waals surface area contributed by atoms with Gasteiger partial charge in [-0.15, -0.1) is 11.6 Å². The molecule has 3 aromatic heterocycles. The summed E-state index contributed by atoms with van der Waals surface area (Å²) in [5.41, 5.74) is 1.42. The van der Waals surface area contributed by atoms with Gasteiger partial charge in [-0.1, -0.05) is 11.6 Å². The van der Waals surface area contributed by atoms with Gasteiger partial charge in [0.2, 0.25) is 5.89 Å². The van der Waals surface area contributed by atoms with Crippen molar-refractivity contribution in [3.05, 3.63) is 41.0 Å². The first-order chi connectivity index (χ1) is 9.97. The van der Waals surface area contributed by atoms with Crippen LogP contribution >= 0.6 is 23.2 Å². The molecule has 0 fully saturated rings. The Balaban J connectivity index is 2.21. The summed E-state index contributed by atoms with van der Waals surface area (Å²) in [4.78, 5) is 13.2. The molecule has 0 aromatic carbocycles. The molecule has 0 radical (unpaired) electrons. The maximum atomic E-state index is 6.26. The average Bonchev–Trinajstić information content (AvgIpc) is 3.01. The van der Waals surface area contributed by atoms with Crippen LogP contribution in [0.25, 0.3) is 11.2 Å². The molecule has 0 amide bonds. The van der Waals surface area contributed by atoms with Crippen LogP contribution in [-0.4, -0.2) is 19.5 Å². The Labute approximate surface area is 131 Å². The first-order valence-corrected chi connectivity index (χ1v) is 7.38. The number of oxazole rings is 1. The van der Waals surface area contributed by atoms with Gasteiger partial charge in [0.25, 0.3) is 0 Å². The molecule has 0 bridgehead atoms. The number of alkyl halides is 1. The van der Waals surface area contributed by atoms with Gasteiger partial charge in [0, 0.05) is 6.20 Å². The number of hydrogen-bond acceptors (Lipinski definition) is 4. The van der Waals surface area contributed by atoms with Crippen molar-refractivity contribution in [2.75, 3.05) is 0 Å². The quantitative estimate of drug-likeness (QED) is 0.674. The Bertz CT molecular complexity index is 793. The third-order valence-electron chi connectivity index (χ3n) is 3.26. The maximum absolute atomic E-state index is 6.26. The number of halogens is 2. The lowest BCUT2D eigenvalue weighted by Gasteiger charge is -2.15. The van der Waals surface area contributed by atoms with E-state index in [9.17, 15) is 0 Å². The summed E-state index contributed by atoms with van der Waals surface area (Å²) in [6.07, 6.45) is 3.29. The summed E-state index contributed by atoms with van der Waals surface area (Å²) in [6.45, 7) is 5.71. The van der Waals surface area contributed by atoms with Gasteiger partial charge in [-0.3, -0.25) is 4.57 Å². The van der Waals surface area contributed by atoms with Crippen LogP contribution in [0.2, 0.25) is 5.02 Å². The second-order valence-electron chi connectivity index (χ2n) is 4.94. The minimum absolute atomic E-state index is 0.159. The van der Waals surface area contributed by atoms with Crippen molar-refractivity contribution in [2.45, 2.75) is 32.2 Å². The first kappa shape index (κ1) is 14.4. The number of imidazole rings is 1. The van der Waals surface area contributed by atoms with E-state index in [0.717, 1.165) is 5.76 Å². The normalized spacial score (nSPS) is 14.5. The minimum atomic E-state index is -0.267. The molecule has 0 saturated carbocycles. The van der Waals surface area contributed by atoms with Crippen LogP contribution in [0.1, 0.15) is 42.7 Å². The van der Waals surface area contributed by atoms with Crippen LogP contribution in [0.4, 0.5) is 0 Å². The lowest BCUT2D eigenvalue weighted by atomic mass is 10.3. The van der Waals surface area contributed by atoms with Crippen LogP contribution in [0.5, 0.6) is 0 Å². The Kier molecular flexibility index (Phi) is 3.63. The highest BCUT2D eigenvalue weighted by atomic mass is 35.5. The van der Waals surface area contributed by atoms with E-state index in [4.69, 9.17) is 27.6 Å². The third-order valence-corrected chi connectivity index (χ3v) is 3.67. The van der Waals surface area contributed by atoms with Crippen LogP contribution in [0.15, 0.2) is 22.9 Å². The SMILES string of the molecule is Cc1cnc(C(C)n2c(C(C)Cl)nc3cc(Cl)cnc32)o1. The summed E-state index contributed by atoms with van der Waals surface area (Å²) in [5.74, 6) is 2.07. The van der Waals surface area contributed by atoms with Crippen molar-refractivity contribution in [1.82, 2.24) is 19.5 Å². The number of pyridine rings is 1. The second-order valence-corrected chi connectivity index (χ2v) is 6.03. The standard InChI is InChI=1S/C14H14Cl2N4O/c1-7-5-18-14(21-7)9(3)20-12(8(2)15)19-11-4-10(16)6-17-13(11)20/h4-6,8-9H,1-3H3. The molecule has 7 heteroatoms. The Hall–Kier alpha value is -1.59. The number of aromatic nitrogens is 4. The summed E-state index contributed by atoms with van der Waals surface area (Å²) >= 11 is 12.2. The molecule has 3 heterocycles. The highest BCUT2D eigenvalue weighted by Gasteiger charge is 2.23. The molecule has 21 heavy (non-hydrogen) atoms.